The number of carbonyl (C=O) groups is 1. The Morgan fingerprint density at radius 2 is 1.81 bits per heavy atom. The summed E-state index contributed by atoms with van der Waals surface area (Å²) in [4.78, 5) is 14.2. The number of anilines is 2. The van der Waals surface area contributed by atoms with E-state index in [1.807, 2.05) is 13.8 Å². The van der Waals surface area contributed by atoms with Gasteiger partial charge >= 0.3 is 0 Å². The smallest absolute Gasteiger partial charge is 0.261 e. The van der Waals surface area contributed by atoms with E-state index in [4.69, 9.17) is 4.74 Å². The van der Waals surface area contributed by atoms with Gasteiger partial charge in [-0.3, -0.25) is 9.52 Å². The Labute approximate surface area is 161 Å². The van der Waals surface area contributed by atoms with Gasteiger partial charge in [0.15, 0.2) is 0 Å². The summed E-state index contributed by atoms with van der Waals surface area (Å²) in [5.74, 6) is 0.405. The summed E-state index contributed by atoms with van der Waals surface area (Å²) in [7, 11) is -2.04. The predicted octanol–water partition coefficient (Wildman–Crippen LogP) is 3.63. The zero-order valence-corrected chi connectivity index (χ0v) is 17.0. The van der Waals surface area contributed by atoms with Crippen LogP contribution in [-0.2, 0) is 14.8 Å². The first-order valence-corrected chi connectivity index (χ1v) is 10.2. The van der Waals surface area contributed by atoms with Crippen LogP contribution in [0.5, 0.6) is 5.75 Å². The number of fused-ring (bicyclic) bond motifs is 1. The summed E-state index contributed by atoms with van der Waals surface area (Å²) in [5.41, 5.74) is 0.310. The molecule has 1 amide bonds. The van der Waals surface area contributed by atoms with Crippen molar-refractivity contribution in [3.63, 3.8) is 0 Å². The van der Waals surface area contributed by atoms with Crippen LogP contribution >= 0.6 is 15.9 Å². The molecule has 1 N–H and O–H groups in total. The van der Waals surface area contributed by atoms with Gasteiger partial charge < -0.3 is 9.64 Å². The Bertz CT molecular complexity index is 956. The first-order chi connectivity index (χ1) is 12.1. The lowest BCUT2D eigenvalue weighted by molar-refractivity contribution is -0.127. The second-order valence-electron chi connectivity index (χ2n) is 6.78. The van der Waals surface area contributed by atoms with Crippen LogP contribution < -0.4 is 14.4 Å². The molecule has 8 heteroatoms. The molecule has 2 aromatic rings. The van der Waals surface area contributed by atoms with Gasteiger partial charge in [0.1, 0.15) is 12.4 Å². The van der Waals surface area contributed by atoms with Gasteiger partial charge in [0.2, 0.25) is 5.91 Å². The van der Waals surface area contributed by atoms with E-state index in [2.05, 4.69) is 20.7 Å². The van der Waals surface area contributed by atoms with Crippen LogP contribution in [0.1, 0.15) is 13.8 Å². The minimum Gasteiger partial charge on any atom is -0.490 e. The van der Waals surface area contributed by atoms with Crippen molar-refractivity contribution in [2.75, 3.05) is 23.3 Å². The summed E-state index contributed by atoms with van der Waals surface area (Å²) >= 11 is 3.28. The lowest BCUT2D eigenvalue weighted by Gasteiger charge is -2.24. The highest BCUT2D eigenvalue weighted by molar-refractivity contribution is 9.10. The standard InChI is InChI=1S/C18H19BrN2O4S/c1-18(2)11-25-16-10-13(6-9-15(16)21(3)17(18)22)20-26(23,24)14-7-4-12(19)5-8-14/h4-10,20H,11H2,1-3H3. The molecule has 6 nitrogen and oxygen atoms in total. The number of rotatable bonds is 3. The van der Waals surface area contributed by atoms with E-state index in [0.29, 0.717) is 17.1 Å². The molecule has 1 aliphatic rings. The first kappa shape index (κ1) is 18.7. The van der Waals surface area contributed by atoms with Crippen LogP contribution in [0, 0.1) is 5.41 Å². The van der Waals surface area contributed by atoms with Gasteiger partial charge in [-0.2, -0.15) is 0 Å². The first-order valence-electron chi connectivity index (χ1n) is 7.93. The Balaban J connectivity index is 1.91. The number of amides is 1. The van der Waals surface area contributed by atoms with Crippen LogP contribution in [0.4, 0.5) is 11.4 Å². The van der Waals surface area contributed by atoms with Crippen molar-refractivity contribution >= 4 is 43.2 Å². The van der Waals surface area contributed by atoms with E-state index in [-0.39, 0.29) is 17.4 Å². The molecule has 0 fully saturated rings. The third-order valence-corrected chi connectivity index (χ3v) is 6.10. The number of hydrogen-bond acceptors (Lipinski definition) is 4. The number of nitrogens with one attached hydrogen (secondary N) is 1. The maximum atomic E-state index is 12.5. The molecule has 26 heavy (non-hydrogen) atoms. The number of nitrogens with zero attached hydrogens (tertiary/aromatic N) is 1. The van der Waals surface area contributed by atoms with Crippen molar-refractivity contribution < 1.29 is 17.9 Å². The maximum absolute atomic E-state index is 12.5. The fourth-order valence-corrected chi connectivity index (χ4v) is 4.00. The zero-order chi connectivity index (χ0) is 19.1. The molecule has 0 atom stereocenters. The number of carbonyl (C=O) groups excluding carboxylic acids is 1. The lowest BCUT2D eigenvalue weighted by Crippen LogP contribution is -2.39. The molecule has 2 aromatic carbocycles. The van der Waals surface area contributed by atoms with E-state index in [1.54, 1.807) is 37.4 Å². The minimum absolute atomic E-state index is 0.0561. The molecule has 1 aliphatic heterocycles. The van der Waals surface area contributed by atoms with Crippen LogP contribution in [0.2, 0.25) is 0 Å². The second kappa shape index (κ2) is 6.59. The van der Waals surface area contributed by atoms with Gasteiger partial charge in [0, 0.05) is 17.6 Å². The molecule has 138 valence electrons. The second-order valence-corrected chi connectivity index (χ2v) is 9.38. The van der Waals surface area contributed by atoms with Gasteiger partial charge in [-0.05, 0) is 50.2 Å². The molecule has 0 unspecified atom stereocenters. The van der Waals surface area contributed by atoms with Gasteiger partial charge in [0.05, 0.1) is 21.7 Å². The summed E-state index contributed by atoms with van der Waals surface area (Å²) in [6, 6.07) is 11.2. The van der Waals surface area contributed by atoms with Crippen molar-refractivity contribution in [1.82, 2.24) is 0 Å². The van der Waals surface area contributed by atoms with Crippen molar-refractivity contribution in [1.29, 1.82) is 0 Å². The van der Waals surface area contributed by atoms with Gasteiger partial charge in [-0.1, -0.05) is 15.9 Å². The number of hydrogen-bond donors (Lipinski definition) is 1. The average Bonchev–Trinajstić information content (AvgIpc) is 2.66. The van der Waals surface area contributed by atoms with Crippen molar-refractivity contribution in [3.05, 3.63) is 46.9 Å². The molecule has 0 radical (unpaired) electrons. The Morgan fingerprint density at radius 3 is 2.46 bits per heavy atom. The number of sulfonamides is 1. The van der Waals surface area contributed by atoms with Gasteiger partial charge in [-0.15, -0.1) is 0 Å². The number of halogens is 1. The van der Waals surface area contributed by atoms with E-state index < -0.39 is 15.4 Å². The topological polar surface area (TPSA) is 75.7 Å². The number of ether oxygens (including phenoxy) is 1. The van der Waals surface area contributed by atoms with Gasteiger partial charge in [0.25, 0.3) is 10.0 Å². The summed E-state index contributed by atoms with van der Waals surface area (Å²) in [6.07, 6.45) is 0. The normalized spacial score (nSPS) is 16.5. The highest BCUT2D eigenvalue weighted by atomic mass is 79.9. The molecule has 0 bridgehead atoms. The van der Waals surface area contributed by atoms with Crippen molar-refractivity contribution in [2.24, 2.45) is 5.41 Å². The molecule has 0 aliphatic carbocycles. The van der Waals surface area contributed by atoms with E-state index in [0.717, 1.165) is 4.47 Å². The SMILES string of the molecule is CN1C(=O)C(C)(C)COc2cc(NS(=O)(=O)c3ccc(Br)cc3)ccc21. The van der Waals surface area contributed by atoms with Crippen molar-refractivity contribution in [2.45, 2.75) is 18.7 Å². The molecule has 0 spiro atoms. The molecule has 1 heterocycles. The molecule has 3 rings (SSSR count). The monoisotopic (exact) mass is 438 g/mol. The predicted molar refractivity (Wildman–Crippen MR) is 104 cm³/mol. The van der Waals surface area contributed by atoms with Gasteiger partial charge in [-0.25, -0.2) is 8.42 Å². The third-order valence-electron chi connectivity index (χ3n) is 4.17. The summed E-state index contributed by atoms with van der Waals surface area (Å²) < 4.78 is 34.2. The van der Waals surface area contributed by atoms with E-state index >= 15 is 0 Å². The highest BCUT2D eigenvalue weighted by Crippen LogP contribution is 2.37. The Morgan fingerprint density at radius 1 is 1.15 bits per heavy atom. The fourth-order valence-electron chi connectivity index (χ4n) is 2.68. The molecule has 0 saturated carbocycles. The fraction of sp³-hybridized carbons (Fsp3) is 0.278. The molecule has 0 aromatic heterocycles. The largest absolute Gasteiger partial charge is 0.490 e. The third kappa shape index (κ3) is 3.57. The zero-order valence-electron chi connectivity index (χ0n) is 14.6. The van der Waals surface area contributed by atoms with Crippen LogP contribution in [0.15, 0.2) is 51.8 Å². The lowest BCUT2D eigenvalue weighted by atomic mass is 9.93. The average molecular weight is 439 g/mol. The Hall–Kier alpha value is -2.06. The quantitative estimate of drug-likeness (QED) is 0.793. The number of benzene rings is 2. The molecule has 0 saturated heterocycles. The van der Waals surface area contributed by atoms with E-state index in [1.165, 1.54) is 17.0 Å². The molecular formula is C18H19BrN2O4S. The summed E-state index contributed by atoms with van der Waals surface area (Å²) in [5, 5.41) is 0. The van der Waals surface area contributed by atoms with E-state index in [9.17, 15) is 13.2 Å². The highest BCUT2D eigenvalue weighted by Gasteiger charge is 2.36. The van der Waals surface area contributed by atoms with Crippen LogP contribution in [-0.4, -0.2) is 28.0 Å². The van der Waals surface area contributed by atoms with Crippen molar-refractivity contribution in [3.8, 4) is 5.75 Å². The molecular weight excluding hydrogens is 420 g/mol. The minimum atomic E-state index is -3.72. The van der Waals surface area contributed by atoms with Crippen LogP contribution in [0.3, 0.4) is 0 Å². The Kier molecular flexibility index (Phi) is 4.74. The maximum Gasteiger partial charge on any atom is 0.261 e. The summed E-state index contributed by atoms with van der Waals surface area (Å²) in [6.45, 7) is 3.84. The van der Waals surface area contributed by atoms with Crippen LogP contribution in [0.25, 0.3) is 0 Å².